The van der Waals surface area contributed by atoms with E-state index < -0.39 is 0 Å². The van der Waals surface area contributed by atoms with Crippen LogP contribution < -0.4 is 11.3 Å². The molecule has 6 nitrogen and oxygen atoms in total. The maximum Gasteiger partial charge on any atom is 0.0774 e. The van der Waals surface area contributed by atoms with Crippen molar-refractivity contribution in [1.29, 1.82) is 0 Å². The van der Waals surface area contributed by atoms with Crippen LogP contribution in [0.25, 0.3) is 0 Å². The lowest BCUT2D eigenvalue weighted by Gasteiger charge is -2.13. The van der Waals surface area contributed by atoms with Gasteiger partial charge in [0, 0.05) is 37.1 Å². The van der Waals surface area contributed by atoms with E-state index >= 15 is 0 Å². The minimum atomic E-state index is -0.0612. The molecule has 2 aromatic heterocycles. The Labute approximate surface area is 107 Å². The first-order valence-electron chi connectivity index (χ1n) is 6.20. The number of nitrogens with zero attached hydrogens (tertiary/aromatic N) is 4. The van der Waals surface area contributed by atoms with E-state index in [1.54, 1.807) is 0 Å². The van der Waals surface area contributed by atoms with E-state index in [0.29, 0.717) is 0 Å². The first-order valence-corrected chi connectivity index (χ1v) is 6.20. The van der Waals surface area contributed by atoms with Crippen LogP contribution in [0.15, 0.2) is 18.6 Å². The SMILES string of the molecule is CCc1nn(C)cc1C(NN)c1cnn(CC)c1. The van der Waals surface area contributed by atoms with Gasteiger partial charge >= 0.3 is 0 Å². The normalized spacial score (nSPS) is 12.9. The lowest BCUT2D eigenvalue weighted by molar-refractivity contribution is 0.625. The maximum atomic E-state index is 5.70. The van der Waals surface area contributed by atoms with E-state index in [-0.39, 0.29) is 6.04 Å². The van der Waals surface area contributed by atoms with E-state index in [1.807, 2.05) is 35.0 Å². The van der Waals surface area contributed by atoms with Gasteiger partial charge in [-0.15, -0.1) is 0 Å². The number of hydrazine groups is 1. The summed E-state index contributed by atoms with van der Waals surface area (Å²) in [7, 11) is 1.92. The minimum Gasteiger partial charge on any atom is -0.275 e. The average molecular weight is 248 g/mol. The fourth-order valence-corrected chi connectivity index (χ4v) is 2.14. The van der Waals surface area contributed by atoms with Gasteiger partial charge in [-0.3, -0.25) is 15.2 Å². The molecule has 0 bridgehead atoms. The molecule has 18 heavy (non-hydrogen) atoms. The maximum absolute atomic E-state index is 5.70. The highest BCUT2D eigenvalue weighted by Crippen LogP contribution is 2.23. The second-order valence-electron chi connectivity index (χ2n) is 4.29. The van der Waals surface area contributed by atoms with E-state index in [9.17, 15) is 0 Å². The Hall–Kier alpha value is -1.66. The zero-order chi connectivity index (χ0) is 13.1. The van der Waals surface area contributed by atoms with Crippen molar-refractivity contribution in [3.63, 3.8) is 0 Å². The molecule has 3 N–H and O–H groups in total. The fraction of sp³-hybridized carbons (Fsp3) is 0.500. The number of hydrogen-bond acceptors (Lipinski definition) is 4. The number of hydrogen-bond donors (Lipinski definition) is 2. The van der Waals surface area contributed by atoms with Gasteiger partial charge in [0.2, 0.25) is 0 Å². The van der Waals surface area contributed by atoms with Crippen molar-refractivity contribution in [2.45, 2.75) is 32.9 Å². The average Bonchev–Trinajstić information content (AvgIpc) is 2.97. The van der Waals surface area contributed by atoms with Crippen molar-refractivity contribution < 1.29 is 0 Å². The van der Waals surface area contributed by atoms with Crippen molar-refractivity contribution in [2.75, 3.05) is 0 Å². The van der Waals surface area contributed by atoms with E-state index in [1.165, 1.54) is 0 Å². The molecule has 0 fully saturated rings. The van der Waals surface area contributed by atoms with Crippen LogP contribution in [0.1, 0.15) is 36.7 Å². The summed E-state index contributed by atoms with van der Waals surface area (Å²) in [4.78, 5) is 0. The van der Waals surface area contributed by atoms with Gasteiger partial charge in [-0.05, 0) is 13.3 Å². The monoisotopic (exact) mass is 248 g/mol. The topological polar surface area (TPSA) is 73.7 Å². The Morgan fingerprint density at radius 2 is 2.17 bits per heavy atom. The summed E-state index contributed by atoms with van der Waals surface area (Å²) in [6.07, 6.45) is 6.75. The van der Waals surface area contributed by atoms with Crippen molar-refractivity contribution in [3.8, 4) is 0 Å². The molecule has 0 saturated heterocycles. The predicted molar refractivity (Wildman–Crippen MR) is 69.7 cm³/mol. The third-order valence-electron chi connectivity index (χ3n) is 3.06. The molecule has 0 aliphatic heterocycles. The summed E-state index contributed by atoms with van der Waals surface area (Å²) in [5, 5.41) is 8.73. The highest BCUT2D eigenvalue weighted by molar-refractivity contribution is 5.30. The molecule has 2 rings (SSSR count). The molecule has 0 spiro atoms. The van der Waals surface area contributed by atoms with Crippen molar-refractivity contribution in [2.24, 2.45) is 12.9 Å². The van der Waals surface area contributed by atoms with Crippen LogP contribution in [0.3, 0.4) is 0 Å². The Bertz CT molecular complexity index is 512. The Balaban J connectivity index is 2.37. The Kier molecular flexibility index (Phi) is 3.78. The molecular formula is C12H20N6. The van der Waals surface area contributed by atoms with Crippen LogP contribution in [-0.4, -0.2) is 19.6 Å². The summed E-state index contributed by atoms with van der Waals surface area (Å²) in [5.41, 5.74) is 6.08. The van der Waals surface area contributed by atoms with Crippen LogP contribution in [0, 0.1) is 0 Å². The van der Waals surface area contributed by atoms with Crippen LogP contribution in [0.4, 0.5) is 0 Å². The van der Waals surface area contributed by atoms with Crippen molar-refractivity contribution in [3.05, 3.63) is 35.4 Å². The highest BCUT2D eigenvalue weighted by Gasteiger charge is 2.19. The molecule has 0 radical (unpaired) electrons. The van der Waals surface area contributed by atoms with Crippen LogP contribution in [0.5, 0.6) is 0 Å². The van der Waals surface area contributed by atoms with Crippen LogP contribution >= 0.6 is 0 Å². The number of aromatic nitrogens is 4. The highest BCUT2D eigenvalue weighted by atomic mass is 15.3. The van der Waals surface area contributed by atoms with Crippen LogP contribution in [-0.2, 0) is 20.0 Å². The zero-order valence-corrected chi connectivity index (χ0v) is 11.1. The van der Waals surface area contributed by atoms with Gasteiger partial charge < -0.3 is 0 Å². The molecular weight excluding hydrogens is 228 g/mol. The van der Waals surface area contributed by atoms with Gasteiger partial charge in [-0.2, -0.15) is 10.2 Å². The minimum absolute atomic E-state index is 0.0612. The second-order valence-corrected chi connectivity index (χ2v) is 4.29. The summed E-state index contributed by atoms with van der Waals surface area (Å²) >= 11 is 0. The summed E-state index contributed by atoms with van der Waals surface area (Å²) in [5.74, 6) is 5.70. The van der Waals surface area contributed by atoms with Gasteiger partial charge in [-0.25, -0.2) is 5.43 Å². The smallest absolute Gasteiger partial charge is 0.0774 e. The molecule has 1 unspecified atom stereocenters. The third-order valence-corrected chi connectivity index (χ3v) is 3.06. The molecule has 1 atom stereocenters. The number of nitrogens with two attached hydrogens (primary N) is 1. The lowest BCUT2D eigenvalue weighted by atomic mass is 10.0. The second kappa shape index (κ2) is 5.32. The predicted octanol–water partition coefficient (Wildman–Crippen LogP) is 0.752. The van der Waals surface area contributed by atoms with Gasteiger partial charge in [0.1, 0.15) is 0 Å². The van der Waals surface area contributed by atoms with Gasteiger partial charge in [0.15, 0.2) is 0 Å². The van der Waals surface area contributed by atoms with Gasteiger partial charge in [-0.1, -0.05) is 6.92 Å². The van der Waals surface area contributed by atoms with Crippen molar-refractivity contribution >= 4 is 0 Å². The first-order chi connectivity index (χ1) is 8.69. The van der Waals surface area contributed by atoms with E-state index in [4.69, 9.17) is 5.84 Å². The first kappa shape index (κ1) is 12.8. The van der Waals surface area contributed by atoms with E-state index in [0.717, 1.165) is 29.8 Å². The number of aryl methyl sites for hydroxylation is 3. The van der Waals surface area contributed by atoms with Crippen molar-refractivity contribution in [1.82, 2.24) is 25.0 Å². The Morgan fingerprint density at radius 1 is 1.39 bits per heavy atom. The molecule has 0 aliphatic carbocycles. The molecule has 98 valence electrons. The zero-order valence-electron chi connectivity index (χ0n) is 11.1. The molecule has 0 aromatic carbocycles. The van der Waals surface area contributed by atoms with Gasteiger partial charge in [0.05, 0.1) is 17.9 Å². The molecule has 0 aliphatic rings. The van der Waals surface area contributed by atoms with E-state index in [2.05, 4.69) is 29.5 Å². The quantitative estimate of drug-likeness (QED) is 0.605. The lowest BCUT2D eigenvalue weighted by Crippen LogP contribution is -2.29. The fourth-order valence-electron chi connectivity index (χ4n) is 2.14. The number of nitrogens with one attached hydrogen (secondary N) is 1. The standard InChI is InChI=1S/C12H20N6/c1-4-11-10(8-17(3)16-11)12(15-13)9-6-14-18(5-2)7-9/h6-8,12,15H,4-5,13H2,1-3H3. The number of rotatable bonds is 5. The molecule has 2 aromatic rings. The van der Waals surface area contributed by atoms with Gasteiger partial charge in [0.25, 0.3) is 0 Å². The molecule has 6 heteroatoms. The summed E-state index contributed by atoms with van der Waals surface area (Å²) in [6.45, 7) is 5.00. The summed E-state index contributed by atoms with van der Waals surface area (Å²) < 4.78 is 3.71. The largest absolute Gasteiger partial charge is 0.275 e. The molecule has 0 amide bonds. The summed E-state index contributed by atoms with van der Waals surface area (Å²) in [6, 6.07) is -0.0612. The Morgan fingerprint density at radius 3 is 2.72 bits per heavy atom. The van der Waals surface area contributed by atoms with Crippen LogP contribution in [0.2, 0.25) is 0 Å². The molecule has 0 saturated carbocycles. The third kappa shape index (κ3) is 2.30. The molecule has 2 heterocycles.